The summed E-state index contributed by atoms with van der Waals surface area (Å²) in [5.41, 5.74) is 4.01. The van der Waals surface area contributed by atoms with Crippen LogP contribution in [0.2, 0.25) is 0 Å². The third-order valence-electron chi connectivity index (χ3n) is 9.63. The Kier molecular flexibility index (Phi) is 7.45. The molecule has 0 radical (unpaired) electrons. The van der Waals surface area contributed by atoms with Gasteiger partial charge in [-0.1, -0.05) is 61.5 Å². The van der Waals surface area contributed by atoms with E-state index in [1.807, 2.05) is 31.9 Å². The van der Waals surface area contributed by atoms with Crippen LogP contribution in [0.15, 0.2) is 66.9 Å². The number of fused-ring (bicyclic) bond motifs is 1. The van der Waals surface area contributed by atoms with Crippen molar-refractivity contribution >= 4 is 29.4 Å². The smallest absolute Gasteiger partial charge is 0.444 e. The van der Waals surface area contributed by atoms with Gasteiger partial charge in [-0.05, 0) is 107 Å². The van der Waals surface area contributed by atoms with Gasteiger partial charge in [-0.25, -0.2) is 9.78 Å². The lowest BCUT2D eigenvalue weighted by Crippen LogP contribution is -2.41. The summed E-state index contributed by atoms with van der Waals surface area (Å²) in [6.45, 7) is 18.3. The largest absolute Gasteiger partial charge is 0.494 e. The first-order chi connectivity index (χ1) is 20.6. The molecule has 2 aliphatic rings. The molecule has 7 nitrogen and oxygen atoms in total. The van der Waals surface area contributed by atoms with Crippen LogP contribution in [0.25, 0.3) is 33.2 Å². The molecular formula is C36H44BN3O4. The van der Waals surface area contributed by atoms with Gasteiger partial charge in [0.1, 0.15) is 11.4 Å². The van der Waals surface area contributed by atoms with Crippen LogP contribution < -0.4 is 5.46 Å². The topological polar surface area (TPSA) is 76.7 Å². The average Bonchev–Trinajstić information content (AvgIpc) is 3.61. The van der Waals surface area contributed by atoms with Crippen LogP contribution in [0, 0.1) is 5.92 Å². The van der Waals surface area contributed by atoms with Gasteiger partial charge in [0.15, 0.2) is 0 Å². The summed E-state index contributed by atoms with van der Waals surface area (Å²) in [5.74, 6) is 1.14. The van der Waals surface area contributed by atoms with E-state index in [1.165, 1.54) is 5.39 Å². The minimum absolute atomic E-state index is 0.0693. The highest BCUT2D eigenvalue weighted by molar-refractivity contribution is 6.62. The number of nitrogens with one attached hydrogen (secondary N) is 1. The molecule has 1 amide bonds. The van der Waals surface area contributed by atoms with Gasteiger partial charge >= 0.3 is 13.2 Å². The molecule has 3 heterocycles. The molecule has 0 aliphatic carbocycles. The standard InChI is InChI=1S/C36H44BN3O4/c1-22-18-31(40(23(22)2)33(41)42-34(3,4)5)32-38-21-30(39-32)25-12-10-24(11-13-25)26-14-15-28-20-29(17-16-27(28)19-26)37-43-35(6,7)36(8,9)44-37/h10-17,19-23,31H,18H2,1-9H3,(H,38,39)/t22-,23-,31+/m1/s1. The molecule has 0 saturated carbocycles. The summed E-state index contributed by atoms with van der Waals surface area (Å²) in [6.07, 6.45) is 2.41. The van der Waals surface area contributed by atoms with Crippen LogP contribution in [0.3, 0.4) is 0 Å². The zero-order valence-electron chi connectivity index (χ0n) is 27.4. The molecule has 3 atom stereocenters. The SMILES string of the molecule is C[C@@H]1C[C@@H](c2ncc(-c3ccc(-c4ccc5cc(B6OC(C)(C)C(C)(C)O6)ccc5c4)cc3)[nH]2)N(C(=O)OC(C)(C)C)[C@@H]1C. The Bertz CT molecular complexity index is 1670. The number of carbonyl (C=O) groups excluding carboxylic acids is 1. The highest BCUT2D eigenvalue weighted by Crippen LogP contribution is 2.40. The van der Waals surface area contributed by atoms with Gasteiger partial charge in [0.05, 0.1) is 29.1 Å². The second-order valence-corrected chi connectivity index (χ2v) is 14.5. The third-order valence-corrected chi connectivity index (χ3v) is 9.63. The number of ether oxygens (including phenoxy) is 1. The molecule has 8 heteroatoms. The summed E-state index contributed by atoms with van der Waals surface area (Å²) in [4.78, 5) is 23.2. The van der Waals surface area contributed by atoms with E-state index >= 15 is 0 Å². The maximum atomic E-state index is 13.1. The van der Waals surface area contributed by atoms with Crippen molar-refractivity contribution in [2.24, 2.45) is 5.92 Å². The lowest BCUT2D eigenvalue weighted by molar-refractivity contribution is 0.00578. The number of likely N-dealkylation sites (tertiary alicyclic amines) is 1. The Morgan fingerprint density at radius 1 is 0.909 bits per heavy atom. The van der Waals surface area contributed by atoms with Gasteiger partial charge in [0.25, 0.3) is 0 Å². The minimum atomic E-state index is -0.550. The summed E-state index contributed by atoms with van der Waals surface area (Å²) < 4.78 is 18.3. The normalized spacial score (nSPS) is 23.0. The van der Waals surface area contributed by atoms with E-state index in [9.17, 15) is 4.79 Å². The van der Waals surface area contributed by atoms with Gasteiger partial charge in [0, 0.05) is 6.04 Å². The number of hydrogen-bond acceptors (Lipinski definition) is 5. The van der Waals surface area contributed by atoms with E-state index in [0.29, 0.717) is 5.92 Å². The van der Waals surface area contributed by atoms with Gasteiger partial charge in [0.2, 0.25) is 0 Å². The lowest BCUT2D eigenvalue weighted by Gasteiger charge is -2.32. The third kappa shape index (κ3) is 5.66. The maximum absolute atomic E-state index is 13.1. The number of hydrogen-bond donors (Lipinski definition) is 1. The van der Waals surface area contributed by atoms with E-state index < -0.39 is 5.60 Å². The van der Waals surface area contributed by atoms with Crippen LogP contribution in [0.4, 0.5) is 4.79 Å². The van der Waals surface area contributed by atoms with E-state index in [2.05, 4.69) is 107 Å². The zero-order valence-corrected chi connectivity index (χ0v) is 27.4. The molecule has 1 aromatic heterocycles. The number of aromatic nitrogens is 2. The molecule has 2 fully saturated rings. The van der Waals surface area contributed by atoms with Crippen molar-refractivity contribution in [2.45, 2.75) is 97.6 Å². The number of H-pyrrole nitrogens is 1. The van der Waals surface area contributed by atoms with Gasteiger partial charge in [-0.15, -0.1) is 0 Å². The fourth-order valence-electron chi connectivity index (χ4n) is 6.14. The fourth-order valence-corrected chi connectivity index (χ4v) is 6.14. The maximum Gasteiger partial charge on any atom is 0.494 e. The number of benzene rings is 3. The molecule has 2 aliphatic heterocycles. The monoisotopic (exact) mass is 593 g/mol. The molecule has 3 aromatic carbocycles. The molecule has 6 rings (SSSR count). The molecule has 0 unspecified atom stereocenters. The van der Waals surface area contributed by atoms with Gasteiger partial charge in [-0.3, -0.25) is 4.90 Å². The van der Waals surface area contributed by atoms with Crippen molar-refractivity contribution in [3.05, 3.63) is 72.7 Å². The summed E-state index contributed by atoms with van der Waals surface area (Å²) in [7, 11) is -0.375. The van der Waals surface area contributed by atoms with Crippen molar-refractivity contribution in [3.8, 4) is 22.4 Å². The van der Waals surface area contributed by atoms with E-state index in [0.717, 1.165) is 45.5 Å². The van der Waals surface area contributed by atoms with Crippen molar-refractivity contribution in [2.75, 3.05) is 0 Å². The van der Waals surface area contributed by atoms with Gasteiger partial charge < -0.3 is 19.0 Å². The van der Waals surface area contributed by atoms with Crippen molar-refractivity contribution in [3.63, 3.8) is 0 Å². The van der Waals surface area contributed by atoms with Crippen LogP contribution in [0.1, 0.15) is 80.6 Å². The predicted octanol–water partition coefficient (Wildman–Crippen LogP) is 7.90. The van der Waals surface area contributed by atoms with Crippen LogP contribution in [-0.2, 0) is 14.0 Å². The first-order valence-corrected chi connectivity index (χ1v) is 15.7. The first kappa shape index (κ1) is 30.4. The molecule has 4 aromatic rings. The van der Waals surface area contributed by atoms with Crippen molar-refractivity contribution in [1.82, 2.24) is 14.9 Å². The van der Waals surface area contributed by atoms with Crippen LogP contribution in [-0.4, -0.2) is 50.9 Å². The fraction of sp³-hybridized carbons (Fsp3) is 0.444. The molecule has 230 valence electrons. The summed E-state index contributed by atoms with van der Waals surface area (Å²) in [6, 6.07) is 21.4. The molecule has 0 spiro atoms. The molecule has 1 N–H and O–H groups in total. The minimum Gasteiger partial charge on any atom is -0.444 e. The van der Waals surface area contributed by atoms with Crippen molar-refractivity contribution in [1.29, 1.82) is 0 Å². The lowest BCUT2D eigenvalue weighted by atomic mass is 9.78. The van der Waals surface area contributed by atoms with E-state index in [-0.39, 0.29) is 36.5 Å². The highest BCUT2D eigenvalue weighted by Gasteiger charge is 2.51. The van der Waals surface area contributed by atoms with E-state index in [1.54, 1.807) is 0 Å². The van der Waals surface area contributed by atoms with Gasteiger partial charge in [-0.2, -0.15) is 0 Å². The highest BCUT2D eigenvalue weighted by atomic mass is 16.7. The van der Waals surface area contributed by atoms with Crippen LogP contribution >= 0.6 is 0 Å². The Morgan fingerprint density at radius 3 is 2.16 bits per heavy atom. The Labute approximate surface area is 261 Å². The number of rotatable bonds is 4. The zero-order chi connectivity index (χ0) is 31.6. The quantitative estimate of drug-likeness (QED) is 0.244. The average molecular weight is 594 g/mol. The summed E-state index contributed by atoms with van der Waals surface area (Å²) in [5, 5.41) is 2.32. The number of amides is 1. The molecule has 2 saturated heterocycles. The number of nitrogens with zero attached hydrogens (tertiary/aromatic N) is 2. The molecule has 0 bridgehead atoms. The molecule has 44 heavy (non-hydrogen) atoms. The Hall–Kier alpha value is -3.62. The van der Waals surface area contributed by atoms with E-state index in [4.69, 9.17) is 19.0 Å². The predicted molar refractivity (Wildman–Crippen MR) is 177 cm³/mol. The van der Waals surface area contributed by atoms with Crippen LogP contribution in [0.5, 0.6) is 0 Å². The molecular weight excluding hydrogens is 549 g/mol. The Morgan fingerprint density at radius 2 is 1.50 bits per heavy atom. The second kappa shape index (κ2) is 10.8. The van der Waals surface area contributed by atoms with Crippen molar-refractivity contribution < 1.29 is 18.8 Å². The number of carbonyl (C=O) groups is 1. The second-order valence-electron chi connectivity index (χ2n) is 14.5. The summed E-state index contributed by atoms with van der Waals surface area (Å²) >= 11 is 0. The first-order valence-electron chi connectivity index (χ1n) is 15.7. The number of imidazole rings is 1. The Balaban J connectivity index is 1.19. The number of aromatic amines is 1.